The molecule has 14 heteroatoms. The number of hydrogen-bond acceptors (Lipinski definition) is 7. The molecule has 0 radical (unpaired) electrons. The molecule has 3 atom stereocenters. The number of piperidine rings is 1. The Kier molecular flexibility index (Phi) is 9.07. The molecule has 2 aromatic rings. The number of hydrogen-bond donors (Lipinski definition) is 1. The molecule has 3 unspecified atom stereocenters. The van der Waals surface area contributed by atoms with Gasteiger partial charge in [-0.3, -0.25) is 0 Å². The Morgan fingerprint density at radius 3 is 2.34 bits per heavy atom. The lowest BCUT2D eigenvalue weighted by atomic mass is 9.92. The monoisotopic (exact) mass is 588 g/mol. The third-order valence-electron chi connectivity index (χ3n) is 7.12. The lowest BCUT2D eigenvalue weighted by molar-refractivity contribution is -0.787. The Morgan fingerprint density at radius 2 is 1.71 bits per heavy atom. The molecule has 2 aliphatic rings. The minimum Gasteiger partial charge on any atom is -0.627 e. The van der Waals surface area contributed by atoms with Crippen LogP contribution in [0, 0.1) is 16.9 Å². The lowest BCUT2D eigenvalue weighted by Gasteiger charge is -2.40. The van der Waals surface area contributed by atoms with Gasteiger partial charge >= 0.3 is 0 Å². The Bertz CT molecular complexity index is 1340. The largest absolute Gasteiger partial charge is 0.627 e. The minimum absolute atomic E-state index is 0.00978. The second kappa shape index (κ2) is 11.9. The molecule has 2 aromatic carbocycles. The Hall–Kier alpha value is -2.13. The van der Waals surface area contributed by atoms with Gasteiger partial charge in [0.25, 0.3) is 6.41 Å². The summed E-state index contributed by atoms with van der Waals surface area (Å²) in [5, 5.41) is 12.0. The van der Waals surface area contributed by atoms with Crippen LogP contribution in [0.3, 0.4) is 0 Å². The van der Waals surface area contributed by atoms with Crippen LogP contribution in [0.1, 0.15) is 12.8 Å². The highest BCUT2D eigenvalue weighted by atomic mass is 35.5. The van der Waals surface area contributed by atoms with Crippen LogP contribution in [-0.2, 0) is 24.8 Å². The summed E-state index contributed by atoms with van der Waals surface area (Å²) in [5.41, 5.74) is 0.778. The van der Waals surface area contributed by atoms with E-state index in [1.54, 1.807) is 18.2 Å². The number of nitrogens with one attached hydrogen (secondary N) is 1. The maximum atomic E-state index is 13.3. The lowest BCUT2D eigenvalue weighted by Crippen LogP contribution is -3.12. The molecule has 38 heavy (non-hydrogen) atoms. The summed E-state index contributed by atoms with van der Waals surface area (Å²) in [4.78, 5) is 13.4. The van der Waals surface area contributed by atoms with E-state index in [2.05, 4.69) is 0 Å². The summed E-state index contributed by atoms with van der Waals surface area (Å²) in [6.07, 6.45) is 0.959. The second-order valence-corrected chi connectivity index (χ2v) is 13.9. The van der Waals surface area contributed by atoms with Gasteiger partial charge in [0.2, 0.25) is 20.0 Å². The molecule has 2 heterocycles. The van der Waals surface area contributed by atoms with E-state index in [0.717, 1.165) is 5.69 Å². The van der Waals surface area contributed by atoms with Gasteiger partial charge in [-0.25, -0.2) is 26.0 Å². The molecule has 0 saturated carbocycles. The van der Waals surface area contributed by atoms with Crippen LogP contribution in [0.4, 0.5) is 10.1 Å². The first kappa shape index (κ1) is 28.9. The van der Waals surface area contributed by atoms with Crippen LogP contribution in [0.15, 0.2) is 53.4 Å². The van der Waals surface area contributed by atoms with Crippen molar-refractivity contribution >= 4 is 43.7 Å². The number of anilines is 1. The zero-order chi connectivity index (χ0) is 27.5. The molecule has 2 aliphatic heterocycles. The van der Waals surface area contributed by atoms with E-state index in [-0.39, 0.29) is 48.3 Å². The summed E-state index contributed by atoms with van der Waals surface area (Å²) in [7, 11) is -7.85. The first-order chi connectivity index (χ1) is 18.0. The molecule has 0 aliphatic carbocycles. The maximum absolute atomic E-state index is 13.3. The zero-order valence-corrected chi connectivity index (χ0v) is 23.0. The van der Waals surface area contributed by atoms with E-state index >= 15 is 0 Å². The van der Waals surface area contributed by atoms with E-state index in [9.17, 15) is 31.2 Å². The quantitative estimate of drug-likeness (QED) is 0.342. The summed E-state index contributed by atoms with van der Waals surface area (Å²) < 4.78 is 68.8. The molecular weight excluding hydrogens is 559 g/mol. The third-order valence-corrected chi connectivity index (χ3v) is 11.1. The topological polar surface area (TPSA) is 123 Å². The molecule has 4 rings (SSSR count). The minimum atomic E-state index is -3.93. The van der Waals surface area contributed by atoms with Crippen molar-refractivity contribution in [2.75, 3.05) is 49.9 Å². The van der Waals surface area contributed by atoms with Crippen molar-refractivity contribution in [1.82, 2.24) is 8.61 Å². The fraction of sp³-hybridized carbons (Fsp3) is 0.458. The van der Waals surface area contributed by atoms with Gasteiger partial charge in [0.1, 0.15) is 17.6 Å². The van der Waals surface area contributed by atoms with Crippen LogP contribution in [0.2, 0.25) is 5.02 Å². The number of carbonyl (C=O) groups excluding carboxylic acids is 1. The first-order valence-corrected chi connectivity index (χ1v) is 15.7. The van der Waals surface area contributed by atoms with Crippen molar-refractivity contribution < 1.29 is 31.1 Å². The molecule has 2 fully saturated rings. The number of sulfonamides is 2. The van der Waals surface area contributed by atoms with Crippen molar-refractivity contribution in [1.29, 1.82) is 0 Å². The third kappa shape index (κ3) is 6.53. The van der Waals surface area contributed by atoms with Crippen molar-refractivity contribution in [3.8, 4) is 0 Å². The van der Waals surface area contributed by atoms with E-state index in [4.69, 9.17) is 11.6 Å². The van der Waals surface area contributed by atoms with Gasteiger partial charge in [0.15, 0.2) is 0 Å². The first-order valence-electron chi connectivity index (χ1n) is 12.2. The molecule has 0 spiro atoms. The van der Waals surface area contributed by atoms with Gasteiger partial charge in [-0.1, -0.05) is 17.7 Å². The summed E-state index contributed by atoms with van der Waals surface area (Å²) in [5.74, 6) is -1.57. The Balaban J connectivity index is 1.46. The van der Waals surface area contributed by atoms with Crippen molar-refractivity contribution in [2.24, 2.45) is 5.92 Å². The number of benzene rings is 2. The average molecular weight is 589 g/mol. The highest BCUT2D eigenvalue weighted by Gasteiger charge is 2.40. The number of piperazine rings is 1. The van der Waals surface area contributed by atoms with Crippen molar-refractivity contribution in [3.05, 3.63) is 64.6 Å². The highest BCUT2D eigenvalue weighted by Crippen LogP contribution is 2.27. The van der Waals surface area contributed by atoms with Gasteiger partial charge in [-0.05, 0) is 55.3 Å². The van der Waals surface area contributed by atoms with Crippen LogP contribution in [-0.4, -0.2) is 82.9 Å². The van der Waals surface area contributed by atoms with Crippen LogP contribution < -0.4 is 9.96 Å². The number of carbonyl (C=O) groups is 1. The predicted molar refractivity (Wildman–Crippen MR) is 141 cm³/mol. The molecule has 208 valence electrons. The SMILES string of the molecule is O=C[NH+]([O-])C(CS(=O)(=O)N1CCN(c2ccc(F)cc2)CC1)C1CCCN(S(=O)(=O)c2cccc(Cl)c2)C1. The van der Waals surface area contributed by atoms with E-state index < -0.39 is 42.8 Å². The second-order valence-electron chi connectivity index (χ2n) is 9.49. The number of amides is 1. The van der Waals surface area contributed by atoms with Crippen molar-refractivity contribution in [2.45, 2.75) is 23.8 Å². The number of rotatable bonds is 9. The van der Waals surface area contributed by atoms with Crippen molar-refractivity contribution in [3.63, 3.8) is 0 Å². The molecule has 1 N–H and O–H groups in total. The fourth-order valence-electron chi connectivity index (χ4n) is 5.04. The summed E-state index contributed by atoms with van der Waals surface area (Å²) in [6.45, 7) is 1.24. The summed E-state index contributed by atoms with van der Waals surface area (Å²) >= 11 is 5.97. The zero-order valence-electron chi connectivity index (χ0n) is 20.6. The smallest absolute Gasteiger partial charge is 0.300 e. The van der Waals surface area contributed by atoms with Gasteiger partial charge in [-0.15, -0.1) is 0 Å². The van der Waals surface area contributed by atoms with Gasteiger partial charge in [0, 0.05) is 55.9 Å². The Morgan fingerprint density at radius 1 is 1.03 bits per heavy atom. The molecular formula is C24H30ClFN4O6S2. The van der Waals surface area contributed by atoms with Crippen LogP contribution >= 0.6 is 11.6 Å². The average Bonchev–Trinajstić information content (AvgIpc) is 2.92. The van der Waals surface area contributed by atoms with Gasteiger partial charge in [0.05, 0.1) is 4.90 Å². The van der Waals surface area contributed by atoms with E-state index in [1.807, 2.05) is 4.90 Å². The Labute approximate surface area is 227 Å². The number of quaternary nitrogens is 1. The molecule has 1 amide bonds. The van der Waals surface area contributed by atoms with Crippen LogP contribution in [0.5, 0.6) is 0 Å². The molecule has 0 aromatic heterocycles. The molecule has 2 saturated heterocycles. The van der Waals surface area contributed by atoms with Gasteiger partial charge in [-0.2, -0.15) is 8.61 Å². The summed E-state index contributed by atoms with van der Waals surface area (Å²) in [6, 6.07) is 10.6. The molecule has 10 nitrogen and oxygen atoms in total. The van der Waals surface area contributed by atoms with Gasteiger partial charge < -0.3 is 15.2 Å². The maximum Gasteiger partial charge on any atom is 0.300 e. The van der Waals surface area contributed by atoms with E-state index in [1.165, 1.54) is 38.9 Å². The number of hydroxylamine groups is 2. The molecule has 0 bridgehead atoms. The fourth-order valence-corrected chi connectivity index (χ4v) is 8.70. The van der Waals surface area contributed by atoms with Crippen LogP contribution in [0.25, 0.3) is 0 Å². The normalized spacial score (nSPS) is 21.7. The standard InChI is InChI=1S/C24H30ClFN4O6S2/c25-20-4-1-5-23(15-20)38(35,36)29-10-2-3-19(16-29)24(30(32)18-31)17-37(33,34)28-13-11-27(12-14-28)22-8-6-21(26)7-9-22/h1,4-9,15,18-19,24,30H,2-3,10-14,16-17H2. The number of nitrogens with zero attached hydrogens (tertiary/aromatic N) is 3. The number of halogens is 2. The predicted octanol–water partition coefficient (Wildman–Crippen LogP) is 0.940. The highest BCUT2D eigenvalue weighted by molar-refractivity contribution is 7.89. The van der Waals surface area contributed by atoms with E-state index in [0.29, 0.717) is 25.9 Å².